The second kappa shape index (κ2) is 11.5. The van der Waals surface area contributed by atoms with Crippen molar-refractivity contribution < 1.29 is 30.1 Å². The van der Waals surface area contributed by atoms with Crippen LogP contribution >= 0.6 is 0 Å². The molecule has 3 rings (SSSR count). The average molecular weight is 488 g/mol. The summed E-state index contributed by atoms with van der Waals surface area (Å²) in [6.45, 7) is -0.0368. The maximum Gasteiger partial charge on any atom is 0.326 e. The molecule has 3 aromatic rings. The number of hydrogen-bond acceptors (Lipinski definition) is 10. The number of aliphatic carboxylic acids is 2. The van der Waals surface area contributed by atoms with Crippen molar-refractivity contribution in [2.45, 2.75) is 19.0 Å². The number of aromatic amines is 1. The molecule has 1 amide bonds. The first-order chi connectivity index (χ1) is 16.2. The highest BCUT2D eigenvalue weighted by atomic mass is 16.4. The van der Waals surface area contributed by atoms with E-state index in [1.54, 1.807) is 12.1 Å². The van der Waals surface area contributed by atoms with Gasteiger partial charge in [-0.25, -0.2) is 14.8 Å². The number of carboxylic acids is 2. The molecule has 0 aliphatic heterocycles. The van der Waals surface area contributed by atoms with Gasteiger partial charge in [0, 0.05) is 17.8 Å². The highest BCUT2D eigenvalue weighted by molar-refractivity contribution is 5.97. The van der Waals surface area contributed by atoms with Gasteiger partial charge in [-0.3, -0.25) is 19.4 Å². The Balaban J connectivity index is 0.00000432. The number of amides is 1. The minimum Gasteiger partial charge on any atom is -0.481 e. The molecule has 35 heavy (non-hydrogen) atoms. The van der Waals surface area contributed by atoms with Crippen LogP contribution in [0.1, 0.15) is 22.5 Å². The summed E-state index contributed by atoms with van der Waals surface area (Å²) in [5, 5.41) is 23.8. The van der Waals surface area contributed by atoms with Crippen molar-refractivity contribution in [3.63, 3.8) is 0 Å². The third-order valence-electron chi connectivity index (χ3n) is 4.86. The number of benzene rings is 1. The van der Waals surface area contributed by atoms with Gasteiger partial charge >= 0.3 is 11.9 Å². The van der Waals surface area contributed by atoms with Crippen molar-refractivity contribution in [3.05, 3.63) is 52.1 Å². The summed E-state index contributed by atoms with van der Waals surface area (Å²) in [4.78, 5) is 61.5. The van der Waals surface area contributed by atoms with Crippen LogP contribution in [0.5, 0.6) is 0 Å². The summed E-state index contributed by atoms with van der Waals surface area (Å²) in [6.07, 6.45) is 1.10. The number of nitrogens with two attached hydrogens (primary N) is 2. The third-order valence-corrected chi connectivity index (χ3v) is 4.86. The van der Waals surface area contributed by atoms with Crippen molar-refractivity contribution >= 4 is 40.6 Å². The summed E-state index contributed by atoms with van der Waals surface area (Å²) >= 11 is 0. The lowest BCUT2D eigenvalue weighted by Crippen LogP contribution is -2.44. The molecule has 186 valence electrons. The van der Waals surface area contributed by atoms with Crippen LogP contribution in [0.4, 0.5) is 11.6 Å². The van der Waals surface area contributed by atoms with E-state index < -0.39 is 35.4 Å². The Morgan fingerprint density at radius 1 is 1.09 bits per heavy atom. The molecule has 0 aliphatic rings. The van der Waals surface area contributed by atoms with E-state index in [2.05, 4.69) is 30.6 Å². The van der Waals surface area contributed by atoms with Gasteiger partial charge in [0.2, 0.25) is 5.95 Å². The smallest absolute Gasteiger partial charge is 0.326 e. The lowest BCUT2D eigenvalue weighted by molar-refractivity contribution is -0.143. The number of H-pyrrole nitrogens is 1. The molecule has 2 heterocycles. The number of carbonyl (C=O) groups excluding carboxylic acids is 1. The minimum absolute atomic E-state index is 0. The first-order valence-corrected chi connectivity index (χ1v) is 9.99. The van der Waals surface area contributed by atoms with Gasteiger partial charge in [-0.1, -0.05) is 0 Å². The summed E-state index contributed by atoms with van der Waals surface area (Å²) in [7, 11) is 0. The van der Waals surface area contributed by atoms with E-state index in [4.69, 9.17) is 16.6 Å². The Kier molecular flexibility index (Phi) is 8.73. The second-order valence-electron chi connectivity index (χ2n) is 7.29. The van der Waals surface area contributed by atoms with Crippen molar-refractivity contribution in [1.82, 2.24) is 25.3 Å². The zero-order chi connectivity index (χ0) is 24.8. The fourth-order valence-corrected chi connectivity index (χ4v) is 3.03. The van der Waals surface area contributed by atoms with Crippen LogP contribution in [0.25, 0.3) is 11.2 Å². The molecule has 0 spiro atoms. The Labute approximate surface area is 196 Å². The van der Waals surface area contributed by atoms with E-state index in [9.17, 15) is 24.3 Å². The van der Waals surface area contributed by atoms with Gasteiger partial charge in [-0.05, 0) is 30.7 Å². The van der Waals surface area contributed by atoms with Gasteiger partial charge in [-0.15, -0.1) is 0 Å². The van der Waals surface area contributed by atoms with E-state index in [1.165, 1.54) is 18.3 Å². The van der Waals surface area contributed by atoms with Crippen molar-refractivity contribution in [3.8, 4) is 0 Å². The maximum absolute atomic E-state index is 12.4. The number of hydrogen-bond donors (Lipinski definition) is 7. The van der Waals surface area contributed by atoms with Crippen LogP contribution in [-0.4, -0.2) is 66.1 Å². The summed E-state index contributed by atoms with van der Waals surface area (Å²) in [5.74, 6) is -4.43. The molecule has 1 unspecified atom stereocenters. The predicted molar refractivity (Wildman–Crippen MR) is 123 cm³/mol. The molecule has 2 aromatic heterocycles. The second-order valence-corrected chi connectivity index (χ2v) is 7.29. The molecule has 0 fully saturated rings. The Hall–Kier alpha value is -4.63. The van der Waals surface area contributed by atoms with Gasteiger partial charge in [0.05, 0.1) is 24.4 Å². The lowest BCUT2D eigenvalue weighted by atomic mass is 9.99. The quantitative estimate of drug-likeness (QED) is 0.168. The van der Waals surface area contributed by atoms with Crippen LogP contribution in [-0.2, 0) is 16.1 Å². The van der Waals surface area contributed by atoms with Gasteiger partial charge < -0.3 is 37.8 Å². The van der Waals surface area contributed by atoms with Gasteiger partial charge in [0.25, 0.3) is 11.5 Å². The molecule has 0 aliphatic carbocycles. The highest BCUT2D eigenvalue weighted by Gasteiger charge is 2.27. The van der Waals surface area contributed by atoms with E-state index in [0.717, 1.165) is 0 Å². The monoisotopic (exact) mass is 488 g/mol. The molecular formula is C20H24N8O7. The molecule has 0 radical (unpaired) electrons. The van der Waals surface area contributed by atoms with Crippen LogP contribution in [0.3, 0.4) is 0 Å². The summed E-state index contributed by atoms with van der Waals surface area (Å²) < 4.78 is 0. The van der Waals surface area contributed by atoms with E-state index in [-0.39, 0.29) is 47.7 Å². The number of anilines is 2. The number of nitrogens with zero attached hydrogens (tertiary/aromatic N) is 3. The fraction of sp³-hybridized carbons (Fsp3) is 0.250. The predicted octanol–water partition coefficient (Wildman–Crippen LogP) is -1.68. The number of carboxylic acid groups (broad SMARTS) is 2. The number of nitrogen functional groups attached to an aromatic ring is 1. The van der Waals surface area contributed by atoms with Crippen molar-refractivity contribution in [1.29, 1.82) is 0 Å². The highest BCUT2D eigenvalue weighted by Crippen LogP contribution is 2.13. The van der Waals surface area contributed by atoms with Crippen LogP contribution in [0.15, 0.2) is 35.3 Å². The van der Waals surface area contributed by atoms with Crippen LogP contribution < -0.4 is 27.7 Å². The lowest BCUT2D eigenvalue weighted by Gasteiger charge is -2.18. The van der Waals surface area contributed by atoms with Crippen molar-refractivity contribution in [2.75, 3.05) is 17.6 Å². The van der Waals surface area contributed by atoms with Gasteiger partial charge in [-0.2, -0.15) is 4.98 Å². The number of fused-ring (bicyclic) bond motifs is 1. The van der Waals surface area contributed by atoms with E-state index in [1.807, 2.05) is 0 Å². The molecule has 0 saturated heterocycles. The van der Waals surface area contributed by atoms with Gasteiger partial charge in [0.15, 0.2) is 11.2 Å². The van der Waals surface area contributed by atoms with E-state index in [0.29, 0.717) is 11.4 Å². The summed E-state index contributed by atoms with van der Waals surface area (Å²) in [6, 6.07) is 4.71. The maximum atomic E-state index is 12.4. The zero-order valence-corrected chi connectivity index (χ0v) is 18.2. The zero-order valence-electron chi connectivity index (χ0n) is 18.2. The molecule has 15 nitrogen and oxygen atoms in total. The van der Waals surface area contributed by atoms with Crippen LogP contribution in [0.2, 0.25) is 0 Å². The summed E-state index contributed by atoms with van der Waals surface area (Å²) in [5.41, 5.74) is 11.8. The van der Waals surface area contributed by atoms with Crippen LogP contribution in [0, 0.1) is 5.92 Å². The third kappa shape index (κ3) is 6.68. The number of rotatable bonds is 10. The first-order valence-electron chi connectivity index (χ1n) is 9.99. The molecule has 11 N–H and O–H groups in total. The Morgan fingerprint density at radius 2 is 1.77 bits per heavy atom. The normalized spacial score (nSPS) is 12.3. The van der Waals surface area contributed by atoms with E-state index >= 15 is 0 Å². The Morgan fingerprint density at radius 3 is 2.37 bits per heavy atom. The SMILES string of the molecule is NCC(C[C@H](NC(=O)c1ccc(NCc2cnc3nc(N)[nH]c(=O)c3n2)cc1)C(=O)O)C(=O)O.O. The fourth-order valence-electron chi connectivity index (χ4n) is 3.03. The largest absolute Gasteiger partial charge is 0.481 e. The molecule has 15 heteroatoms. The topological polar surface area (TPSA) is 271 Å². The minimum atomic E-state index is -1.41. The first kappa shape index (κ1) is 26.6. The van der Waals surface area contributed by atoms with Gasteiger partial charge in [0.1, 0.15) is 6.04 Å². The average Bonchev–Trinajstić information content (AvgIpc) is 2.80. The standard InChI is InChI=1S/C20H22N8O6.H2O/c21-6-10(18(31)32)5-13(19(33)34)26-16(29)9-1-3-11(4-2-9)23-7-12-8-24-15-14(25-12)17(30)28-20(22)27-15;/h1-4,8,10,13,23H,5-7,21H2,(H,26,29)(H,31,32)(H,33,34)(H3,22,24,27,28,30);1H2/t10?,13-;/m0./s1. The Bertz CT molecular complexity index is 1280. The molecular weight excluding hydrogens is 464 g/mol. The molecule has 1 aromatic carbocycles. The molecule has 0 bridgehead atoms. The molecule has 2 atom stereocenters. The number of aromatic nitrogens is 4. The number of nitrogens with one attached hydrogen (secondary N) is 3. The molecule has 0 saturated carbocycles. The number of carbonyl (C=O) groups is 3. The van der Waals surface area contributed by atoms with Crippen molar-refractivity contribution in [2.24, 2.45) is 11.7 Å².